The summed E-state index contributed by atoms with van der Waals surface area (Å²) in [5.74, 6) is -0.582. The number of nitrogens with zero attached hydrogens (tertiary/aromatic N) is 3. The lowest BCUT2D eigenvalue weighted by atomic mass is 10.3. The molecule has 0 aliphatic rings. The molecule has 0 saturated carbocycles. The van der Waals surface area contributed by atoms with Crippen molar-refractivity contribution in [3.05, 3.63) is 12.7 Å². The van der Waals surface area contributed by atoms with Gasteiger partial charge in [-0.2, -0.15) is 0 Å². The first kappa shape index (κ1) is 10.3. The number of hydrogen-bond donors (Lipinski definition) is 4. The van der Waals surface area contributed by atoms with Crippen LogP contribution in [-0.4, -0.2) is 43.6 Å². The normalized spacial score (nSPS) is 12.6. The van der Waals surface area contributed by atoms with E-state index < -0.39 is 12.0 Å². The van der Waals surface area contributed by atoms with E-state index in [1.165, 1.54) is 12.7 Å². The number of nitrogens with one attached hydrogen (secondary N) is 2. The van der Waals surface area contributed by atoms with Crippen LogP contribution in [0.4, 0.5) is 5.82 Å². The number of aromatic nitrogens is 4. The van der Waals surface area contributed by atoms with Crippen LogP contribution in [0.3, 0.4) is 0 Å². The van der Waals surface area contributed by atoms with Crippen molar-refractivity contribution in [1.82, 2.24) is 19.9 Å². The molecule has 2 heterocycles. The smallest absolute Gasteiger partial charge is 0.322 e. The number of H-pyrrole nitrogens is 1. The Balaban J connectivity index is 2.15. The fourth-order valence-corrected chi connectivity index (χ4v) is 1.19. The Hall–Kier alpha value is -2.22. The summed E-state index contributed by atoms with van der Waals surface area (Å²) in [7, 11) is 0. The van der Waals surface area contributed by atoms with Crippen LogP contribution >= 0.6 is 0 Å². The molecule has 8 nitrogen and oxygen atoms in total. The van der Waals surface area contributed by atoms with E-state index >= 15 is 0 Å². The zero-order valence-corrected chi connectivity index (χ0v) is 8.21. The largest absolute Gasteiger partial charge is 0.480 e. The van der Waals surface area contributed by atoms with Gasteiger partial charge in [-0.05, 0) is 0 Å². The summed E-state index contributed by atoms with van der Waals surface area (Å²) >= 11 is 0. The minimum Gasteiger partial charge on any atom is -0.480 e. The second-order valence-corrected chi connectivity index (χ2v) is 3.15. The summed E-state index contributed by atoms with van der Waals surface area (Å²) in [4.78, 5) is 25.2. The fraction of sp³-hybridized carbons (Fsp3) is 0.250. The predicted molar refractivity (Wildman–Crippen MR) is 55.8 cm³/mol. The summed E-state index contributed by atoms with van der Waals surface area (Å²) in [6.07, 6.45) is 2.83. The molecule has 0 bridgehead atoms. The van der Waals surface area contributed by atoms with Crippen molar-refractivity contribution >= 4 is 23.0 Å². The summed E-state index contributed by atoms with van der Waals surface area (Å²) in [5, 5.41) is 11.4. The first-order valence-corrected chi connectivity index (χ1v) is 4.55. The number of carbonyl (C=O) groups is 1. The fourth-order valence-electron chi connectivity index (χ4n) is 1.19. The predicted octanol–water partition coefficient (Wildman–Crippen LogP) is -0.823. The summed E-state index contributed by atoms with van der Waals surface area (Å²) in [6, 6.07) is -0.979. The molecule has 0 aromatic carbocycles. The average Bonchev–Trinajstić information content (AvgIpc) is 2.73. The van der Waals surface area contributed by atoms with Crippen LogP contribution in [0, 0.1) is 0 Å². The monoisotopic (exact) mass is 222 g/mol. The number of rotatable bonds is 4. The Morgan fingerprint density at radius 3 is 3.12 bits per heavy atom. The molecule has 0 fully saturated rings. The molecule has 5 N–H and O–H groups in total. The van der Waals surface area contributed by atoms with Gasteiger partial charge in [0, 0.05) is 6.54 Å². The zero-order valence-electron chi connectivity index (χ0n) is 8.21. The molecule has 2 aromatic rings. The molecule has 1 unspecified atom stereocenters. The number of imidazole rings is 1. The van der Waals surface area contributed by atoms with Crippen molar-refractivity contribution in [3.63, 3.8) is 0 Å². The molecule has 1 atom stereocenters. The van der Waals surface area contributed by atoms with Crippen LogP contribution in [0.1, 0.15) is 0 Å². The minimum absolute atomic E-state index is 0.0838. The van der Waals surface area contributed by atoms with Crippen molar-refractivity contribution in [2.45, 2.75) is 6.04 Å². The van der Waals surface area contributed by atoms with Crippen LogP contribution < -0.4 is 11.1 Å². The Morgan fingerprint density at radius 2 is 2.38 bits per heavy atom. The van der Waals surface area contributed by atoms with E-state index in [4.69, 9.17) is 10.8 Å². The molecular formula is C8H10N6O2. The van der Waals surface area contributed by atoms with Gasteiger partial charge in [0.05, 0.1) is 6.33 Å². The molecule has 0 aliphatic carbocycles. The van der Waals surface area contributed by atoms with Crippen molar-refractivity contribution in [1.29, 1.82) is 0 Å². The first-order valence-electron chi connectivity index (χ1n) is 4.55. The molecule has 84 valence electrons. The molecule has 0 spiro atoms. The molecule has 2 aromatic heterocycles. The molecule has 0 saturated heterocycles. The van der Waals surface area contributed by atoms with Crippen molar-refractivity contribution in [2.75, 3.05) is 11.9 Å². The van der Waals surface area contributed by atoms with E-state index in [9.17, 15) is 4.79 Å². The van der Waals surface area contributed by atoms with E-state index in [1.54, 1.807) is 0 Å². The van der Waals surface area contributed by atoms with E-state index in [2.05, 4.69) is 25.3 Å². The maximum absolute atomic E-state index is 10.5. The van der Waals surface area contributed by atoms with E-state index in [0.717, 1.165) is 0 Å². The van der Waals surface area contributed by atoms with Gasteiger partial charge in [0.25, 0.3) is 0 Å². The maximum atomic E-state index is 10.5. The highest BCUT2D eigenvalue weighted by molar-refractivity contribution is 5.82. The molecular weight excluding hydrogens is 212 g/mol. The number of carboxylic acids is 1. The van der Waals surface area contributed by atoms with Gasteiger partial charge >= 0.3 is 5.97 Å². The molecule has 0 amide bonds. The van der Waals surface area contributed by atoms with Crippen LogP contribution in [0.5, 0.6) is 0 Å². The van der Waals surface area contributed by atoms with Crippen LogP contribution in [-0.2, 0) is 4.79 Å². The number of carboxylic acid groups (broad SMARTS) is 1. The maximum Gasteiger partial charge on any atom is 0.322 e. The Labute approximate surface area is 89.9 Å². The van der Waals surface area contributed by atoms with Crippen molar-refractivity contribution in [2.24, 2.45) is 5.73 Å². The highest BCUT2D eigenvalue weighted by Crippen LogP contribution is 2.13. The zero-order chi connectivity index (χ0) is 11.5. The van der Waals surface area contributed by atoms with Gasteiger partial charge in [-0.15, -0.1) is 0 Å². The highest BCUT2D eigenvalue weighted by Gasteiger charge is 2.12. The third kappa shape index (κ3) is 1.91. The van der Waals surface area contributed by atoms with Crippen LogP contribution in [0.2, 0.25) is 0 Å². The summed E-state index contributed by atoms with van der Waals surface area (Å²) in [6.45, 7) is 0.0838. The lowest BCUT2D eigenvalue weighted by molar-refractivity contribution is -0.138. The van der Waals surface area contributed by atoms with Gasteiger partial charge in [0.15, 0.2) is 11.5 Å². The first-order chi connectivity index (χ1) is 7.68. The third-order valence-electron chi connectivity index (χ3n) is 2.03. The molecule has 0 aliphatic heterocycles. The van der Waals surface area contributed by atoms with Gasteiger partial charge in [-0.3, -0.25) is 4.79 Å². The molecule has 16 heavy (non-hydrogen) atoms. The lowest BCUT2D eigenvalue weighted by Crippen LogP contribution is -2.37. The lowest BCUT2D eigenvalue weighted by Gasteiger charge is -2.08. The second-order valence-electron chi connectivity index (χ2n) is 3.15. The van der Waals surface area contributed by atoms with E-state index in [-0.39, 0.29) is 6.54 Å². The summed E-state index contributed by atoms with van der Waals surface area (Å²) < 4.78 is 0. The number of aliphatic carboxylic acids is 1. The van der Waals surface area contributed by atoms with Crippen LogP contribution in [0.25, 0.3) is 11.2 Å². The Bertz CT molecular complexity index is 510. The topological polar surface area (TPSA) is 130 Å². The Kier molecular flexibility index (Phi) is 2.64. The SMILES string of the molecule is NC(CNc1ncnc2nc[nH]c12)C(=O)O. The van der Waals surface area contributed by atoms with E-state index in [0.29, 0.717) is 17.0 Å². The standard InChI is InChI=1S/C8H10N6O2/c9-4(8(15)16)1-10-6-5-7(12-2-11-5)14-3-13-6/h2-4H,1,9H2,(H,15,16)(H2,10,11,12,13,14). The molecule has 0 radical (unpaired) electrons. The second kappa shape index (κ2) is 4.11. The van der Waals surface area contributed by atoms with Crippen molar-refractivity contribution in [3.8, 4) is 0 Å². The van der Waals surface area contributed by atoms with Gasteiger partial charge < -0.3 is 21.1 Å². The van der Waals surface area contributed by atoms with E-state index in [1.807, 2.05) is 0 Å². The number of hydrogen-bond acceptors (Lipinski definition) is 6. The molecule has 2 rings (SSSR count). The highest BCUT2D eigenvalue weighted by atomic mass is 16.4. The van der Waals surface area contributed by atoms with Gasteiger partial charge in [-0.1, -0.05) is 0 Å². The summed E-state index contributed by atoms with van der Waals surface area (Å²) in [5.41, 5.74) is 6.49. The number of aromatic amines is 1. The number of anilines is 1. The average molecular weight is 222 g/mol. The Morgan fingerprint density at radius 1 is 1.56 bits per heavy atom. The third-order valence-corrected chi connectivity index (χ3v) is 2.03. The quantitative estimate of drug-likeness (QED) is 0.531. The van der Waals surface area contributed by atoms with Gasteiger partial charge in [0.2, 0.25) is 0 Å². The minimum atomic E-state index is -1.07. The number of nitrogens with two attached hydrogens (primary N) is 1. The van der Waals surface area contributed by atoms with Crippen LogP contribution in [0.15, 0.2) is 12.7 Å². The van der Waals surface area contributed by atoms with Crippen molar-refractivity contribution < 1.29 is 9.90 Å². The van der Waals surface area contributed by atoms with Gasteiger partial charge in [-0.25, -0.2) is 15.0 Å². The molecule has 8 heteroatoms. The number of fused-ring (bicyclic) bond motifs is 1. The van der Waals surface area contributed by atoms with Gasteiger partial charge in [0.1, 0.15) is 17.9 Å².